The summed E-state index contributed by atoms with van der Waals surface area (Å²) in [5.74, 6) is -0.964. The summed E-state index contributed by atoms with van der Waals surface area (Å²) >= 11 is 3.28. The number of carboxylic acids is 1. The van der Waals surface area contributed by atoms with E-state index in [4.69, 9.17) is 10.2 Å². The summed E-state index contributed by atoms with van der Waals surface area (Å²) in [4.78, 5) is 10.9. The van der Waals surface area contributed by atoms with E-state index in [9.17, 15) is 4.79 Å². The number of hydrogen-bond acceptors (Lipinski definition) is 3. The molecule has 0 aliphatic carbocycles. The zero-order valence-electron chi connectivity index (χ0n) is 9.83. The van der Waals surface area contributed by atoms with Gasteiger partial charge in [-0.25, -0.2) is 4.79 Å². The molecule has 1 rings (SSSR count). The number of aliphatic hydroxyl groups excluding tert-OH is 1. The van der Waals surface area contributed by atoms with Gasteiger partial charge >= 0.3 is 5.97 Å². The van der Waals surface area contributed by atoms with Crippen LogP contribution in [-0.4, -0.2) is 28.3 Å². The topological polar surface area (TPSA) is 69.6 Å². The van der Waals surface area contributed by atoms with Crippen LogP contribution in [0.3, 0.4) is 0 Å². The average molecular weight is 302 g/mol. The van der Waals surface area contributed by atoms with Gasteiger partial charge in [-0.1, -0.05) is 15.9 Å². The molecule has 0 heterocycles. The van der Waals surface area contributed by atoms with Crippen LogP contribution < -0.4 is 5.32 Å². The molecule has 0 bridgehead atoms. The van der Waals surface area contributed by atoms with Crippen LogP contribution in [0.25, 0.3) is 0 Å². The van der Waals surface area contributed by atoms with Crippen LogP contribution in [0, 0.1) is 0 Å². The van der Waals surface area contributed by atoms with E-state index in [1.165, 1.54) is 0 Å². The molecule has 0 radical (unpaired) electrons. The highest BCUT2D eigenvalue weighted by atomic mass is 79.9. The van der Waals surface area contributed by atoms with E-state index in [0.29, 0.717) is 10.9 Å². The SMILES string of the molecule is CC(C)(CCO)Nc1cc(Br)cc(C(=O)O)c1. The predicted molar refractivity (Wildman–Crippen MR) is 70.5 cm³/mol. The van der Waals surface area contributed by atoms with E-state index in [1.54, 1.807) is 12.1 Å². The van der Waals surface area contributed by atoms with Crippen LogP contribution in [-0.2, 0) is 0 Å². The lowest BCUT2D eigenvalue weighted by Crippen LogP contribution is -2.31. The van der Waals surface area contributed by atoms with Crippen LogP contribution >= 0.6 is 15.9 Å². The third-order valence-corrected chi connectivity index (χ3v) is 2.82. The summed E-state index contributed by atoms with van der Waals surface area (Å²) < 4.78 is 0.708. The largest absolute Gasteiger partial charge is 0.478 e. The van der Waals surface area contributed by atoms with Crippen molar-refractivity contribution >= 4 is 27.6 Å². The van der Waals surface area contributed by atoms with Gasteiger partial charge in [-0.3, -0.25) is 0 Å². The summed E-state index contributed by atoms with van der Waals surface area (Å²) in [5, 5.41) is 21.1. The molecule has 0 aromatic heterocycles. The number of nitrogens with one attached hydrogen (secondary N) is 1. The third kappa shape index (κ3) is 4.36. The lowest BCUT2D eigenvalue weighted by atomic mass is 10.0. The number of anilines is 1. The van der Waals surface area contributed by atoms with Gasteiger partial charge in [-0.2, -0.15) is 0 Å². The Morgan fingerprint density at radius 2 is 2.06 bits per heavy atom. The molecule has 0 aliphatic rings. The highest BCUT2D eigenvalue weighted by Gasteiger charge is 2.17. The molecule has 3 N–H and O–H groups in total. The number of aromatic carboxylic acids is 1. The third-order valence-electron chi connectivity index (χ3n) is 2.36. The Hall–Kier alpha value is -1.07. The summed E-state index contributed by atoms with van der Waals surface area (Å²) in [5.41, 5.74) is 0.655. The highest BCUT2D eigenvalue weighted by Crippen LogP contribution is 2.23. The van der Waals surface area contributed by atoms with E-state index in [1.807, 2.05) is 19.9 Å². The quantitative estimate of drug-likeness (QED) is 0.782. The van der Waals surface area contributed by atoms with Crippen molar-refractivity contribution in [2.45, 2.75) is 25.8 Å². The number of carboxylic acid groups (broad SMARTS) is 1. The van der Waals surface area contributed by atoms with Crippen LogP contribution in [0.4, 0.5) is 5.69 Å². The molecule has 4 nitrogen and oxygen atoms in total. The maximum atomic E-state index is 10.9. The molecular weight excluding hydrogens is 286 g/mol. The van der Waals surface area contributed by atoms with Crippen molar-refractivity contribution in [1.29, 1.82) is 0 Å². The van der Waals surface area contributed by atoms with E-state index < -0.39 is 5.97 Å². The molecule has 1 aromatic carbocycles. The van der Waals surface area contributed by atoms with Crippen LogP contribution in [0.5, 0.6) is 0 Å². The van der Waals surface area contributed by atoms with Gasteiger partial charge < -0.3 is 15.5 Å². The number of rotatable bonds is 5. The molecule has 94 valence electrons. The molecule has 1 aromatic rings. The molecule has 0 atom stereocenters. The number of halogens is 1. The smallest absolute Gasteiger partial charge is 0.335 e. The first-order valence-electron chi connectivity index (χ1n) is 5.27. The normalized spacial score (nSPS) is 11.3. The van der Waals surface area contributed by atoms with Crippen molar-refractivity contribution in [1.82, 2.24) is 0 Å². The molecule has 0 fully saturated rings. The fourth-order valence-corrected chi connectivity index (χ4v) is 2.01. The zero-order chi connectivity index (χ0) is 13.1. The Morgan fingerprint density at radius 3 is 2.59 bits per heavy atom. The standard InChI is InChI=1S/C12H16BrNO3/c1-12(2,3-4-15)14-10-6-8(11(16)17)5-9(13)7-10/h5-7,14-15H,3-4H2,1-2H3,(H,16,17). The molecule has 5 heteroatoms. The van der Waals surface area contributed by atoms with Gasteiger partial charge in [0.15, 0.2) is 0 Å². The first kappa shape index (κ1) is 14.0. The lowest BCUT2D eigenvalue weighted by Gasteiger charge is -2.27. The van der Waals surface area contributed by atoms with Crippen LogP contribution in [0.2, 0.25) is 0 Å². The second-order valence-corrected chi connectivity index (χ2v) is 5.43. The Morgan fingerprint density at radius 1 is 1.41 bits per heavy atom. The number of benzene rings is 1. The molecule has 0 unspecified atom stereocenters. The van der Waals surface area contributed by atoms with Gasteiger partial charge in [0.25, 0.3) is 0 Å². The first-order valence-corrected chi connectivity index (χ1v) is 6.06. The molecule has 17 heavy (non-hydrogen) atoms. The van der Waals surface area contributed by atoms with Crippen molar-refractivity contribution in [2.24, 2.45) is 0 Å². The minimum absolute atomic E-state index is 0.0831. The molecule has 0 amide bonds. The van der Waals surface area contributed by atoms with E-state index in [0.717, 1.165) is 5.69 Å². The average Bonchev–Trinajstić information content (AvgIpc) is 2.15. The summed E-state index contributed by atoms with van der Waals surface area (Å²) in [6.07, 6.45) is 0.585. The monoisotopic (exact) mass is 301 g/mol. The van der Waals surface area contributed by atoms with Crippen molar-refractivity contribution in [3.63, 3.8) is 0 Å². The highest BCUT2D eigenvalue weighted by molar-refractivity contribution is 9.10. The Labute approximate surface area is 109 Å². The van der Waals surface area contributed by atoms with E-state index >= 15 is 0 Å². The van der Waals surface area contributed by atoms with Crippen LogP contribution in [0.1, 0.15) is 30.6 Å². The maximum Gasteiger partial charge on any atom is 0.335 e. The van der Waals surface area contributed by atoms with Gasteiger partial charge in [-0.05, 0) is 38.5 Å². The molecule has 0 spiro atoms. The van der Waals surface area contributed by atoms with Gasteiger partial charge in [-0.15, -0.1) is 0 Å². The summed E-state index contributed by atoms with van der Waals surface area (Å²) in [7, 11) is 0. The summed E-state index contributed by atoms with van der Waals surface area (Å²) in [6, 6.07) is 4.93. The molecule has 0 saturated heterocycles. The molecule has 0 aliphatic heterocycles. The van der Waals surface area contributed by atoms with E-state index in [2.05, 4.69) is 21.2 Å². The van der Waals surface area contributed by atoms with Gasteiger partial charge in [0.05, 0.1) is 5.56 Å². The van der Waals surface area contributed by atoms with Crippen molar-refractivity contribution in [2.75, 3.05) is 11.9 Å². The maximum absolute atomic E-state index is 10.9. The van der Waals surface area contributed by atoms with Crippen molar-refractivity contribution in [3.05, 3.63) is 28.2 Å². The number of carbonyl (C=O) groups is 1. The van der Waals surface area contributed by atoms with E-state index in [-0.39, 0.29) is 17.7 Å². The molecule has 0 saturated carbocycles. The number of hydrogen-bond donors (Lipinski definition) is 3. The second kappa shape index (κ2) is 5.51. The van der Waals surface area contributed by atoms with Crippen LogP contribution in [0.15, 0.2) is 22.7 Å². The van der Waals surface area contributed by atoms with Gasteiger partial charge in [0.1, 0.15) is 0 Å². The number of aliphatic hydroxyl groups is 1. The van der Waals surface area contributed by atoms with Gasteiger partial charge in [0, 0.05) is 22.3 Å². The molecular formula is C12H16BrNO3. The minimum atomic E-state index is -0.964. The lowest BCUT2D eigenvalue weighted by molar-refractivity contribution is 0.0697. The Balaban J connectivity index is 2.95. The second-order valence-electron chi connectivity index (χ2n) is 4.52. The minimum Gasteiger partial charge on any atom is -0.478 e. The van der Waals surface area contributed by atoms with Crippen molar-refractivity contribution in [3.8, 4) is 0 Å². The fourth-order valence-electron chi connectivity index (χ4n) is 1.52. The Bertz CT molecular complexity index is 418. The summed E-state index contributed by atoms with van der Waals surface area (Å²) in [6.45, 7) is 3.98. The van der Waals surface area contributed by atoms with Crippen molar-refractivity contribution < 1.29 is 15.0 Å². The Kier molecular flexibility index (Phi) is 4.54. The van der Waals surface area contributed by atoms with Gasteiger partial charge in [0.2, 0.25) is 0 Å². The first-order chi connectivity index (χ1) is 7.84. The zero-order valence-corrected chi connectivity index (χ0v) is 11.4. The fraction of sp³-hybridized carbons (Fsp3) is 0.417. The predicted octanol–water partition coefficient (Wildman–Crippen LogP) is 2.72.